The number of carbonyl (C=O) groups excluding carboxylic acids is 5. The zero-order valence-electron chi connectivity index (χ0n) is 38.9. The van der Waals surface area contributed by atoms with Crippen LogP contribution in [0.15, 0.2) is 35.9 Å². The summed E-state index contributed by atoms with van der Waals surface area (Å²) in [5.41, 5.74) is 0.175. The molecular weight excluding hydrogens is 1120 g/mol. The monoisotopic (exact) mass is 1180 g/mol. The van der Waals surface area contributed by atoms with E-state index in [0.29, 0.717) is 42.9 Å². The number of methoxy groups -OCH3 is 2. The van der Waals surface area contributed by atoms with Crippen molar-refractivity contribution in [3.05, 3.63) is 46.5 Å². The number of hydrogen-bond donors (Lipinski definition) is 2. The predicted octanol–water partition coefficient (Wildman–Crippen LogP) is 7.26. The number of hydrogen-bond acceptors (Lipinski definition) is 13. The molecule has 0 radical (unpaired) electrons. The number of carbonyl (C=O) groups is 5. The van der Waals surface area contributed by atoms with Crippen molar-refractivity contribution in [1.29, 1.82) is 0 Å². The molecule has 1 saturated heterocycles. The summed E-state index contributed by atoms with van der Waals surface area (Å²) in [5.74, 6) is -0.395. The fourth-order valence-electron chi connectivity index (χ4n) is 7.05. The van der Waals surface area contributed by atoms with Gasteiger partial charge in [0.25, 0.3) is 0 Å². The van der Waals surface area contributed by atoms with E-state index >= 15 is 0 Å². The molecule has 3 amide bonds. The van der Waals surface area contributed by atoms with Crippen molar-refractivity contribution in [2.75, 3.05) is 57.2 Å². The van der Waals surface area contributed by atoms with Crippen molar-refractivity contribution in [2.45, 2.75) is 131 Å². The zero-order chi connectivity index (χ0) is 48.5. The second-order valence-corrected chi connectivity index (χ2v) is 26.5. The van der Waals surface area contributed by atoms with Gasteiger partial charge in [0, 0.05) is 51.0 Å². The maximum atomic E-state index is 14.3. The van der Waals surface area contributed by atoms with Crippen LogP contribution in [0.2, 0.25) is 5.02 Å². The van der Waals surface area contributed by atoms with Crippen LogP contribution in [0.1, 0.15) is 85.6 Å². The van der Waals surface area contributed by atoms with Crippen LogP contribution in [0.5, 0.6) is 5.75 Å². The fraction of sp³-hybridized carbons (Fsp3) is 0.659. The number of thiol groups is 1. The van der Waals surface area contributed by atoms with Gasteiger partial charge < -0.3 is 38.6 Å². The number of amides is 3. The van der Waals surface area contributed by atoms with Gasteiger partial charge in [-0.2, -0.15) is 0 Å². The van der Waals surface area contributed by atoms with Crippen molar-refractivity contribution in [3.8, 4) is 5.75 Å². The van der Waals surface area contributed by atoms with Crippen LogP contribution in [-0.2, 0) is 54.5 Å². The highest BCUT2D eigenvalue weighted by Gasteiger charge is 2.53. The number of ketones is 1. The highest BCUT2D eigenvalue weighted by atomic mass is 127. The second-order valence-electron chi connectivity index (χ2n) is 17.7. The summed E-state index contributed by atoms with van der Waals surface area (Å²) in [7, 11) is 3.77. The summed E-state index contributed by atoms with van der Waals surface area (Å²) in [5, 5.41) is 12.3. The maximum absolute atomic E-state index is 14.3. The normalized spacial score (nSPS) is 27.2. The van der Waals surface area contributed by atoms with Gasteiger partial charge >= 0.3 is 12.1 Å². The number of allylic oxidation sites excluding steroid dienone is 3. The number of Topliss-reactive ketones (excluding diaryl/α,β-unsaturated/α-hetero) is 1. The van der Waals surface area contributed by atoms with Gasteiger partial charge in [-0.15, -0.1) is 21.7 Å². The number of benzene rings is 1. The lowest BCUT2D eigenvalue weighted by atomic mass is 9.94. The van der Waals surface area contributed by atoms with E-state index in [2.05, 4.69) is 0 Å². The molecule has 0 aromatic heterocycles. The molecule has 15 nitrogen and oxygen atoms in total. The van der Waals surface area contributed by atoms with Gasteiger partial charge in [0.2, 0.25) is 11.8 Å². The van der Waals surface area contributed by atoms with Crippen LogP contribution in [0.3, 0.4) is 0 Å². The van der Waals surface area contributed by atoms with Gasteiger partial charge in [-0.1, -0.05) is 49.2 Å². The topological polar surface area (TPSA) is 179 Å². The number of halogens is 3. The Hall–Kier alpha value is -2.02. The van der Waals surface area contributed by atoms with Gasteiger partial charge in [0.05, 0.1) is 53.9 Å². The third kappa shape index (κ3) is 15.8. The van der Waals surface area contributed by atoms with Crippen LogP contribution >= 0.6 is 68.8 Å². The number of alkyl halides is 1. The van der Waals surface area contributed by atoms with E-state index in [9.17, 15) is 33.3 Å². The summed E-state index contributed by atoms with van der Waals surface area (Å²) >= 11 is 11.9. The van der Waals surface area contributed by atoms with E-state index in [4.69, 9.17) is 35.3 Å². The summed E-state index contributed by atoms with van der Waals surface area (Å²) in [6.07, 6.45) is 5.02. The smallest absolute Gasteiger partial charge is 0.421 e. The van der Waals surface area contributed by atoms with Crippen molar-refractivity contribution >= 4 is 114 Å². The highest BCUT2D eigenvalue weighted by Crippen LogP contribution is 2.41. The molecule has 7 atom stereocenters. The van der Waals surface area contributed by atoms with Gasteiger partial charge in [-0.05, 0) is 99.8 Å². The molecule has 1 unspecified atom stereocenters. The van der Waals surface area contributed by atoms with Crippen LogP contribution in [-0.4, -0.2) is 144 Å². The lowest BCUT2D eigenvalue weighted by Gasteiger charge is -2.46. The van der Waals surface area contributed by atoms with Crippen molar-refractivity contribution in [1.82, 2.24) is 8.01 Å². The van der Waals surface area contributed by atoms with Crippen LogP contribution in [0.4, 0.5) is 10.5 Å². The predicted molar refractivity (Wildman–Crippen MR) is 270 cm³/mol. The van der Waals surface area contributed by atoms with Gasteiger partial charge in [-0.25, -0.2) is 12.7 Å². The van der Waals surface area contributed by atoms with E-state index < -0.39 is 78.9 Å². The first kappa shape index (κ1) is 56.3. The molecule has 1 fully saturated rings. The minimum Gasteiger partial charge on any atom is -0.495 e. The summed E-state index contributed by atoms with van der Waals surface area (Å²) in [4.78, 5) is 70.3. The first-order valence-electron chi connectivity index (χ1n) is 21.0. The number of esters is 1. The lowest BCUT2D eigenvalue weighted by Crippen LogP contribution is -2.62. The maximum Gasteiger partial charge on any atom is 0.421 e. The Kier molecular flexibility index (Phi) is 21.0. The van der Waals surface area contributed by atoms with Crippen LogP contribution < -0.4 is 9.64 Å². The number of anilines is 1. The van der Waals surface area contributed by atoms with E-state index in [0.717, 1.165) is 14.2 Å². The average molecular weight is 1180 g/mol. The number of likely N-dealkylation sites (N-methyl/N-ethyl adjacent to an activating group) is 1. The van der Waals surface area contributed by atoms with Crippen molar-refractivity contribution in [3.63, 3.8) is 0 Å². The Balaban J connectivity index is 1.93. The molecule has 20 heteroatoms. The molecule has 1 aromatic rings. The number of aliphatic hydroxyl groups is 1. The van der Waals surface area contributed by atoms with E-state index in [1.54, 1.807) is 80.6 Å². The fourth-order valence-corrected chi connectivity index (χ4v) is 10.6. The SMILES string of the molecule is COc1cc2cc(c1Cl)N(C)C(=O)C[C@H](OC(=O)[C@H](C)N(C)C(=O)CCC(C)(C)SCC(=O)CCC[SH](C)(C)=O)[C@@](C)(I)OC(C)[C@@H]1C[C@](O)([C@H](OC)/C=C/C=C(\C)C2)N(I)C(=O)O1. The summed E-state index contributed by atoms with van der Waals surface area (Å²) in [6, 6.07) is 2.47. The van der Waals surface area contributed by atoms with Crippen molar-refractivity contribution < 1.29 is 57.0 Å². The van der Waals surface area contributed by atoms with E-state index in [1.807, 2.05) is 49.4 Å². The molecular formula is C44H66ClI2N3O12S2. The molecule has 2 aliphatic heterocycles. The molecule has 64 heavy (non-hydrogen) atoms. The standard InChI is InChI=1S/C44H66ClI2N3O12S2/c1-27-15-13-17-35(59-10)44(56)25-34(60-41(55)50(44)47)29(3)62-43(6,46)36(24-38(53)49(8)32-22-30(21-27)23-33(58-9)39(32)45)61-40(54)28(2)48(7)37(52)18-19-42(4,5)63-26-31(51)16-14-20-64(11,12)57/h13,15,17,22-23,28-29,34-36,56,64H,14,16,18-21,24-26H2,1-12H3/b17-13+,27-15+/t28-,29?,34-,35+,36-,43-,44-/m0/s1. The van der Waals surface area contributed by atoms with Gasteiger partial charge in [0.15, 0.2) is 9.33 Å². The molecule has 2 aliphatic rings. The third-order valence-corrected chi connectivity index (χ3v) is 16.7. The Morgan fingerprint density at radius 2 is 1.84 bits per heavy atom. The van der Waals surface area contributed by atoms with E-state index in [1.165, 1.54) is 49.8 Å². The molecule has 2 heterocycles. The van der Waals surface area contributed by atoms with Crippen LogP contribution in [0, 0.1) is 0 Å². The number of fused-ring (bicyclic) bond motifs is 4. The third-order valence-electron chi connectivity index (χ3n) is 11.3. The molecule has 1 N–H and O–H groups in total. The molecule has 4 bridgehead atoms. The molecule has 0 spiro atoms. The quantitative estimate of drug-likeness (QED) is 0.0591. The zero-order valence-corrected chi connectivity index (χ0v) is 45.7. The average Bonchev–Trinajstić information content (AvgIpc) is 3.20. The number of thioether (sulfide) groups is 1. The molecule has 1 aromatic carbocycles. The lowest BCUT2D eigenvalue weighted by molar-refractivity contribution is -0.197. The molecule has 362 valence electrons. The second kappa shape index (κ2) is 23.8. The molecule has 3 rings (SSSR count). The highest BCUT2D eigenvalue weighted by molar-refractivity contribution is 14.1. The number of rotatable bonds is 15. The first-order chi connectivity index (χ1) is 29.5. The number of nitrogens with zero attached hydrogens (tertiary/aromatic N) is 3. The molecule has 0 aliphatic carbocycles. The Morgan fingerprint density at radius 3 is 2.45 bits per heavy atom. The Labute approximate surface area is 416 Å². The summed E-state index contributed by atoms with van der Waals surface area (Å²) < 4.78 is 40.9. The first-order valence-corrected chi connectivity index (χ1v) is 27.2. The number of ether oxygens (including phenoxy) is 5. The Morgan fingerprint density at radius 1 is 1.19 bits per heavy atom. The molecule has 0 saturated carbocycles. The Bertz CT molecular complexity index is 1980. The minimum absolute atomic E-state index is 0.0659. The largest absolute Gasteiger partial charge is 0.495 e. The van der Waals surface area contributed by atoms with Crippen LogP contribution in [0.25, 0.3) is 0 Å². The van der Waals surface area contributed by atoms with Gasteiger partial charge in [0.1, 0.15) is 40.9 Å². The van der Waals surface area contributed by atoms with E-state index in [-0.39, 0.29) is 35.3 Å². The van der Waals surface area contributed by atoms with Crippen molar-refractivity contribution in [2.24, 2.45) is 0 Å². The van der Waals surface area contributed by atoms with Gasteiger partial charge in [-0.3, -0.25) is 18.6 Å². The minimum atomic E-state index is -2.19. The summed E-state index contributed by atoms with van der Waals surface area (Å²) in [6.45, 7) is 10.6.